The van der Waals surface area contributed by atoms with Gasteiger partial charge < -0.3 is 24.2 Å². The molecule has 0 saturated carbocycles. The van der Waals surface area contributed by atoms with Gasteiger partial charge in [-0.1, -0.05) is 20.7 Å². The zero-order valence-corrected chi connectivity index (χ0v) is 22.7. The lowest BCUT2D eigenvalue weighted by molar-refractivity contribution is -0.206. The van der Waals surface area contributed by atoms with Gasteiger partial charge in [-0.05, 0) is 52.0 Å². The predicted octanol–water partition coefficient (Wildman–Crippen LogP) is 1.90. The van der Waals surface area contributed by atoms with Crippen molar-refractivity contribution in [1.82, 2.24) is 9.55 Å². The van der Waals surface area contributed by atoms with Crippen molar-refractivity contribution in [2.75, 3.05) is 0 Å². The fourth-order valence-electron chi connectivity index (χ4n) is 3.42. The maximum absolute atomic E-state index is 15.7. The predicted molar refractivity (Wildman–Crippen MR) is 130 cm³/mol. The van der Waals surface area contributed by atoms with Crippen LogP contribution in [-0.2, 0) is 18.8 Å². The molecule has 1 aromatic heterocycles. The first-order chi connectivity index (χ1) is 17.3. The van der Waals surface area contributed by atoms with E-state index in [1.165, 1.54) is 19.1 Å². The number of benzene rings is 1. The molecule has 1 fully saturated rings. The summed E-state index contributed by atoms with van der Waals surface area (Å²) in [5.41, 5.74) is -4.26. The van der Waals surface area contributed by atoms with Gasteiger partial charge in [-0.15, -0.1) is 4.52 Å². The molecule has 1 aliphatic rings. The second kappa shape index (κ2) is 11.9. The van der Waals surface area contributed by atoms with Gasteiger partial charge in [0.1, 0.15) is 11.9 Å². The molecule has 2 unspecified atom stereocenters. The van der Waals surface area contributed by atoms with Gasteiger partial charge in [0.2, 0.25) is 0 Å². The smallest absolute Gasteiger partial charge is 0.346 e. The van der Waals surface area contributed by atoms with Crippen LogP contribution in [0.2, 0.25) is 0 Å². The van der Waals surface area contributed by atoms with Gasteiger partial charge in [-0.3, -0.25) is 14.3 Å². The average Bonchev–Trinajstić information content (AvgIpc) is 3.03. The third kappa shape index (κ3) is 7.09. The lowest BCUT2D eigenvalue weighted by atomic mass is 9.98. The topological polar surface area (TPSA) is 164 Å². The van der Waals surface area contributed by atoms with Gasteiger partial charge in [0, 0.05) is 16.7 Å². The van der Waals surface area contributed by atoms with Crippen LogP contribution in [0.3, 0.4) is 0 Å². The highest BCUT2D eigenvalue weighted by molar-refractivity contribution is 9.10. The number of hydrogen-bond donors (Lipinski definition) is 2. The molecule has 0 amide bonds. The Kier molecular flexibility index (Phi) is 9.37. The largest absolute Gasteiger partial charge is 0.583 e. The van der Waals surface area contributed by atoms with E-state index in [1.807, 2.05) is 4.98 Å². The summed E-state index contributed by atoms with van der Waals surface area (Å²) < 4.78 is 42.8. The summed E-state index contributed by atoms with van der Waals surface area (Å²) in [4.78, 5) is 50.4. The van der Waals surface area contributed by atoms with Crippen LogP contribution in [0.25, 0.3) is 0 Å². The van der Waals surface area contributed by atoms with Crippen LogP contribution >= 0.6 is 24.1 Å². The molecule has 0 radical (unpaired) electrons. The molecule has 3 rings (SSSR count). The monoisotopic (exact) mass is 605 g/mol. The maximum atomic E-state index is 15.7. The van der Waals surface area contributed by atoms with E-state index in [9.17, 15) is 24.4 Å². The molecule has 0 bridgehead atoms. The van der Waals surface area contributed by atoms with Gasteiger partial charge in [0.05, 0.1) is 6.10 Å². The maximum Gasteiger partial charge on any atom is 0.346 e. The van der Waals surface area contributed by atoms with E-state index < -0.39 is 67.9 Å². The summed E-state index contributed by atoms with van der Waals surface area (Å²) in [6, 6.07) is 6.14. The Morgan fingerprint density at radius 2 is 1.95 bits per heavy atom. The van der Waals surface area contributed by atoms with Gasteiger partial charge in [-0.2, -0.15) is 0 Å². The average molecular weight is 606 g/mol. The van der Waals surface area contributed by atoms with Crippen molar-refractivity contribution < 1.29 is 37.9 Å². The molecule has 7 atom stereocenters. The number of hydrogen-bond acceptors (Lipinski definition) is 10. The van der Waals surface area contributed by atoms with E-state index in [0.717, 1.165) is 28.2 Å². The van der Waals surface area contributed by atoms with Crippen LogP contribution in [0.1, 0.15) is 33.9 Å². The van der Waals surface area contributed by atoms with E-state index in [4.69, 9.17) is 18.7 Å². The number of ether oxygens (including phenoxy) is 3. The van der Waals surface area contributed by atoms with Crippen molar-refractivity contribution in [3.05, 3.63) is 61.8 Å². The number of carbonyl (C=O) groups excluding carboxylic acids is 1. The summed E-state index contributed by atoms with van der Waals surface area (Å²) in [6.45, 7) is 5.62. The van der Waals surface area contributed by atoms with Gasteiger partial charge in [0.25, 0.3) is 11.8 Å². The minimum absolute atomic E-state index is 0.185. The molecule has 1 saturated heterocycles. The number of carbonyl (C=O) groups is 1. The lowest BCUT2D eigenvalue weighted by Crippen LogP contribution is -2.46. The number of nitrogens with one attached hydrogen (secondary N) is 1. The molecule has 12 nitrogen and oxygen atoms in total. The molecule has 202 valence electrons. The zero-order valence-electron chi connectivity index (χ0n) is 20.2. The first kappa shape index (κ1) is 29.1. The van der Waals surface area contributed by atoms with E-state index in [-0.39, 0.29) is 5.75 Å². The second-order valence-electron chi connectivity index (χ2n) is 8.63. The first-order valence-electron chi connectivity index (χ1n) is 11.1. The molecule has 0 aliphatic carbocycles. The fourth-order valence-corrected chi connectivity index (χ4v) is 4.45. The van der Waals surface area contributed by atoms with E-state index in [2.05, 4.69) is 20.7 Å². The first-order valence-corrected chi connectivity index (χ1v) is 13.0. The minimum Gasteiger partial charge on any atom is -0.583 e. The van der Waals surface area contributed by atoms with Crippen LogP contribution in [0.4, 0.5) is 4.39 Å². The van der Waals surface area contributed by atoms with Crippen molar-refractivity contribution in [2.45, 2.75) is 70.2 Å². The summed E-state index contributed by atoms with van der Waals surface area (Å²) in [5.74, 6) is -0.553. The summed E-state index contributed by atoms with van der Waals surface area (Å²) in [5, 5.41) is 10.8. The highest BCUT2D eigenvalue weighted by atomic mass is 79.9. The lowest BCUT2D eigenvalue weighted by Gasteiger charge is -2.25. The number of aliphatic hydroxyl groups excluding tert-OH is 1. The Hall–Kier alpha value is -2.48. The molecule has 0 spiro atoms. The Labute approximate surface area is 220 Å². The standard InChI is InChI=1S/C22H26BrFN3O9P/c1-11(2)33-18(30)12(3)26-37(32)36-19(34-14-7-5-13(23)6-8-14)16-17(29)22(4,24)20(35-16)27-10-9-15(28)25-21(27)31/h5-12,16-17,19-20,29H,1-4H3,(H,25,28,31)/t12-,16+,17+,19?,20+,22+/m0/s1. The number of aromatic amines is 1. The van der Waals surface area contributed by atoms with Crippen LogP contribution in [0.15, 0.2) is 55.3 Å². The fraction of sp³-hybridized carbons (Fsp3) is 0.500. The molecule has 37 heavy (non-hydrogen) atoms. The Morgan fingerprint density at radius 1 is 1.30 bits per heavy atom. The summed E-state index contributed by atoms with van der Waals surface area (Å²) in [7, 11) is -2.95. The Morgan fingerprint density at radius 3 is 2.54 bits per heavy atom. The molecule has 2 aromatic rings. The molecule has 2 N–H and O–H groups in total. The normalized spacial score (nSPS) is 25.6. The quantitative estimate of drug-likeness (QED) is 0.247. The number of rotatable bonds is 9. The van der Waals surface area contributed by atoms with Crippen molar-refractivity contribution in [3.8, 4) is 5.75 Å². The van der Waals surface area contributed by atoms with Crippen LogP contribution < -0.4 is 20.9 Å². The SMILES string of the molecule is CC(C)OC(=O)[C@H](C)N=[P+]([O-])OC(Oc1ccc(Br)cc1)[C@@H]1O[C@@H](n2ccc(=O)[nH]c2=O)[C@](C)(F)[C@@H]1O. The van der Waals surface area contributed by atoms with Crippen LogP contribution in [0.5, 0.6) is 5.75 Å². The number of halogens is 2. The number of H-pyrrole nitrogens is 1. The molecular formula is C22H26BrFN3O9P. The third-order valence-electron chi connectivity index (χ3n) is 5.25. The third-order valence-corrected chi connectivity index (χ3v) is 6.70. The van der Waals surface area contributed by atoms with E-state index in [1.54, 1.807) is 26.0 Å². The number of nitrogens with zero attached hydrogens (tertiary/aromatic N) is 2. The zero-order chi connectivity index (χ0) is 27.5. The Balaban J connectivity index is 1.92. The van der Waals surface area contributed by atoms with Crippen LogP contribution in [-0.4, -0.2) is 56.9 Å². The van der Waals surface area contributed by atoms with Crippen molar-refractivity contribution in [2.24, 2.45) is 4.74 Å². The highest BCUT2D eigenvalue weighted by Gasteiger charge is 2.59. The molecule has 15 heteroatoms. The van der Waals surface area contributed by atoms with E-state index in [0.29, 0.717) is 0 Å². The Bertz CT molecular complexity index is 1250. The van der Waals surface area contributed by atoms with E-state index >= 15 is 4.39 Å². The molecule has 2 heterocycles. The molecule has 1 aliphatic heterocycles. The number of aromatic nitrogens is 2. The number of aliphatic hydroxyl groups is 1. The molecular weight excluding hydrogens is 580 g/mol. The van der Waals surface area contributed by atoms with Crippen LogP contribution in [0, 0.1) is 0 Å². The second-order valence-corrected chi connectivity index (χ2v) is 10.5. The number of esters is 1. The summed E-state index contributed by atoms with van der Waals surface area (Å²) >= 11 is 3.28. The van der Waals surface area contributed by atoms with Gasteiger partial charge >= 0.3 is 19.8 Å². The van der Waals surface area contributed by atoms with Crippen molar-refractivity contribution in [3.63, 3.8) is 0 Å². The van der Waals surface area contributed by atoms with Crippen molar-refractivity contribution >= 4 is 30.1 Å². The number of alkyl halides is 1. The van der Waals surface area contributed by atoms with Crippen molar-refractivity contribution in [1.29, 1.82) is 0 Å². The van der Waals surface area contributed by atoms with Gasteiger partial charge in [-0.25, -0.2) is 14.0 Å². The van der Waals surface area contributed by atoms with Gasteiger partial charge in [0.15, 0.2) is 24.0 Å². The molecule has 1 aromatic carbocycles. The summed E-state index contributed by atoms with van der Waals surface area (Å²) in [6.07, 6.45) is -6.36. The highest BCUT2D eigenvalue weighted by Crippen LogP contribution is 2.43. The minimum atomic E-state index is -2.95.